The van der Waals surface area contributed by atoms with Crippen molar-refractivity contribution < 1.29 is 9.18 Å². The topological polar surface area (TPSA) is 41.1 Å². The normalized spacial score (nSPS) is 21.0. The number of halogens is 1. The summed E-state index contributed by atoms with van der Waals surface area (Å²) in [5.74, 6) is -0.503. The van der Waals surface area contributed by atoms with E-state index in [2.05, 4.69) is 10.6 Å². The molecule has 3 nitrogen and oxygen atoms in total. The second-order valence-electron chi connectivity index (χ2n) is 5.56. The van der Waals surface area contributed by atoms with Crippen LogP contribution in [0.3, 0.4) is 0 Å². The minimum atomic E-state index is -0.319. The highest BCUT2D eigenvalue weighted by Gasteiger charge is 2.19. The second-order valence-corrected chi connectivity index (χ2v) is 5.56. The van der Waals surface area contributed by atoms with Crippen LogP contribution < -0.4 is 10.6 Å². The van der Waals surface area contributed by atoms with Crippen molar-refractivity contribution in [1.29, 1.82) is 0 Å². The maximum atomic E-state index is 13.4. The Morgan fingerprint density at radius 1 is 1.38 bits per heavy atom. The van der Waals surface area contributed by atoms with Gasteiger partial charge in [-0.3, -0.25) is 4.79 Å². The van der Waals surface area contributed by atoms with Crippen LogP contribution in [0.1, 0.15) is 38.2 Å². The number of rotatable bonds is 4. The Morgan fingerprint density at radius 2 is 2.19 bits per heavy atom. The van der Waals surface area contributed by atoms with Crippen LogP contribution in [-0.2, 0) is 4.79 Å². The van der Waals surface area contributed by atoms with Crippen LogP contribution in [0.25, 0.3) is 6.08 Å². The van der Waals surface area contributed by atoms with Gasteiger partial charge in [0.2, 0.25) is 5.91 Å². The van der Waals surface area contributed by atoms with E-state index in [9.17, 15) is 9.18 Å². The van der Waals surface area contributed by atoms with Crippen LogP contribution in [0.4, 0.5) is 4.39 Å². The number of carbonyl (C=O) groups is 1. The van der Waals surface area contributed by atoms with Gasteiger partial charge in [-0.2, -0.15) is 0 Å². The maximum Gasteiger partial charge on any atom is 0.244 e. The zero-order valence-electron chi connectivity index (χ0n) is 12.4. The molecule has 0 saturated carbocycles. The molecule has 2 atom stereocenters. The summed E-state index contributed by atoms with van der Waals surface area (Å²) in [6, 6.07) is 6.80. The summed E-state index contributed by atoms with van der Waals surface area (Å²) in [4.78, 5) is 11.9. The molecule has 1 saturated heterocycles. The van der Waals surface area contributed by atoms with Crippen molar-refractivity contribution in [3.8, 4) is 0 Å². The van der Waals surface area contributed by atoms with E-state index in [-0.39, 0.29) is 17.8 Å². The molecular weight excluding hydrogens is 267 g/mol. The fraction of sp³-hybridized carbons (Fsp3) is 0.471. The van der Waals surface area contributed by atoms with Crippen molar-refractivity contribution in [2.45, 2.75) is 44.7 Å². The molecule has 0 bridgehead atoms. The van der Waals surface area contributed by atoms with E-state index in [0.717, 1.165) is 13.0 Å². The van der Waals surface area contributed by atoms with E-state index in [0.29, 0.717) is 11.6 Å². The minimum absolute atomic E-state index is 0.0703. The van der Waals surface area contributed by atoms with Gasteiger partial charge in [-0.25, -0.2) is 4.39 Å². The number of hydrogen-bond donors (Lipinski definition) is 2. The first-order valence-corrected chi connectivity index (χ1v) is 7.63. The fourth-order valence-corrected chi connectivity index (χ4v) is 2.63. The van der Waals surface area contributed by atoms with E-state index in [1.165, 1.54) is 37.5 Å². The molecule has 0 radical (unpaired) electrons. The van der Waals surface area contributed by atoms with Gasteiger partial charge in [-0.05, 0) is 38.5 Å². The molecule has 2 unspecified atom stereocenters. The molecule has 4 heteroatoms. The first kappa shape index (κ1) is 15.7. The third-order valence-electron chi connectivity index (χ3n) is 3.89. The van der Waals surface area contributed by atoms with Crippen molar-refractivity contribution in [2.75, 3.05) is 6.54 Å². The maximum absolute atomic E-state index is 13.4. The van der Waals surface area contributed by atoms with E-state index in [1.54, 1.807) is 18.2 Å². The Labute approximate surface area is 125 Å². The van der Waals surface area contributed by atoms with Gasteiger partial charge in [0, 0.05) is 23.7 Å². The van der Waals surface area contributed by atoms with E-state index < -0.39 is 0 Å². The van der Waals surface area contributed by atoms with Crippen LogP contribution in [0.15, 0.2) is 30.3 Å². The van der Waals surface area contributed by atoms with Gasteiger partial charge in [0.15, 0.2) is 0 Å². The molecule has 1 aromatic rings. The molecule has 1 aliphatic heterocycles. The Balaban J connectivity index is 1.87. The molecule has 1 aliphatic rings. The smallest absolute Gasteiger partial charge is 0.244 e. The Morgan fingerprint density at radius 3 is 3.00 bits per heavy atom. The van der Waals surface area contributed by atoms with Gasteiger partial charge in [-0.1, -0.05) is 31.0 Å². The van der Waals surface area contributed by atoms with Crippen LogP contribution in [0, 0.1) is 5.82 Å². The minimum Gasteiger partial charge on any atom is -0.349 e. The van der Waals surface area contributed by atoms with Crippen molar-refractivity contribution in [1.82, 2.24) is 10.6 Å². The summed E-state index contributed by atoms with van der Waals surface area (Å²) in [6.45, 7) is 3.02. The molecule has 0 aromatic heterocycles. The molecule has 21 heavy (non-hydrogen) atoms. The highest BCUT2D eigenvalue weighted by Crippen LogP contribution is 2.11. The summed E-state index contributed by atoms with van der Waals surface area (Å²) in [5.41, 5.74) is 0.424. The third kappa shape index (κ3) is 4.97. The summed E-state index contributed by atoms with van der Waals surface area (Å²) in [6.07, 6.45) is 7.63. The van der Waals surface area contributed by atoms with Gasteiger partial charge in [0.1, 0.15) is 5.82 Å². The first-order chi connectivity index (χ1) is 10.2. The number of benzene rings is 1. The SMILES string of the molecule is CC(NC(=O)/C=C/c1ccccc1F)C1CCCCCN1. The van der Waals surface area contributed by atoms with E-state index in [4.69, 9.17) is 0 Å². The molecule has 1 heterocycles. The highest BCUT2D eigenvalue weighted by molar-refractivity contribution is 5.91. The fourth-order valence-electron chi connectivity index (χ4n) is 2.63. The lowest BCUT2D eigenvalue weighted by molar-refractivity contribution is -0.117. The molecular formula is C17H23FN2O. The summed E-state index contributed by atoms with van der Waals surface area (Å²) >= 11 is 0. The van der Waals surface area contributed by atoms with Gasteiger partial charge < -0.3 is 10.6 Å². The van der Waals surface area contributed by atoms with E-state index in [1.807, 2.05) is 6.92 Å². The first-order valence-electron chi connectivity index (χ1n) is 7.63. The van der Waals surface area contributed by atoms with Crippen molar-refractivity contribution in [2.24, 2.45) is 0 Å². The average molecular weight is 290 g/mol. The third-order valence-corrected chi connectivity index (χ3v) is 3.89. The van der Waals surface area contributed by atoms with Crippen LogP contribution in [0.5, 0.6) is 0 Å². The zero-order chi connectivity index (χ0) is 15.1. The summed E-state index contributed by atoms with van der Waals surface area (Å²) in [7, 11) is 0. The summed E-state index contributed by atoms with van der Waals surface area (Å²) < 4.78 is 13.4. The van der Waals surface area contributed by atoms with Crippen molar-refractivity contribution >= 4 is 12.0 Å². The highest BCUT2D eigenvalue weighted by atomic mass is 19.1. The van der Waals surface area contributed by atoms with Gasteiger partial charge >= 0.3 is 0 Å². The predicted octanol–water partition coefficient (Wildman–Crippen LogP) is 2.88. The lowest BCUT2D eigenvalue weighted by Gasteiger charge is -2.24. The number of nitrogens with one attached hydrogen (secondary N) is 2. The summed E-state index contributed by atoms with van der Waals surface area (Å²) in [5, 5.41) is 6.43. The molecule has 2 N–H and O–H groups in total. The van der Waals surface area contributed by atoms with E-state index >= 15 is 0 Å². The molecule has 1 amide bonds. The zero-order valence-corrected chi connectivity index (χ0v) is 12.4. The largest absolute Gasteiger partial charge is 0.349 e. The monoisotopic (exact) mass is 290 g/mol. The molecule has 2 rings (SSSR count). The second kappa shape index (κ2) is 7.93. The molecule has 114 valence electrons. The number of hydrogen-bond acceptors (Lipinski definition) is 2. The lowest BCUT2D eigenvalue weighted by Crippen LogP contribution is -2.47. The van der Waals surface area contributed by atoms with Crippen LogP contribution >= 0.6 is 0 Å². The van der Waals surface area contributed by atoms with Crippen molar-refractivity contribution in [3.05, 3.63) is 41.7 Å². The number of carbonyl (C=O) groups excluding carboxylic acids is 1. The molecule has 0 spiro atoms. The number of amides is 1. The van der Waals surface area contributed by atoms with Crippen LogP contribution in [-0.4, -0.2) is 24.5 Å². The molecule has 1 fully saturated rings. The van der Waals surface area contributed by atoms with Gasteiger partial charge in [-0.15, -0.1) is 0 Å². The Bertz CT molecular complexity index is 493. The standard InChI is InChI=1S/C17H23FN2O/c1-13(16-9-3-2-6-12-19-16)20-17(21)11-10-14-7-4-5-8-15(14)18/h4-5,7-8,10-11,13,16,19H,2-3,6,9,12H2,1H3,(H,20,21)/b11-10+. The molecule has 0 aliphatic carbocycles. The Hall–Kier alpha value is -1.68. The van der Waals surface area contributed by atoms with Crippen molar-refractivity contribution in [3.63, 3.8) is 0 Å². The Kier molecular flexibility index (Phi) is 5.93. The van der Waals surface area contributed by atoms with Crippen LogP contribution in [0.2, 0.25) is 0 Å². The lowest BCUT2D eigenvalue weighted by atomic mass is 10.0. The van der Waals surface area contributed by atoms with Gasteiger partial charge in [0.05, 0.1) is 0 Å². The average Bonchev–Trinajstić information content (AvgIpc) is 2.75. The quantitative estimate of drug-likeness (QED) is 0.837. The molecule has 1 aromatic carbocycles. The predicted molar refractivity (Wildman–Crippen MR) is 83.3 cm³/mol. The van der Waals surface area contributed by atoms with Gasteiger partial charge in [0.25, 0.3) is 0 Å².